The fourth-order valence-electron chi connectivity index (χ4n) is 2.99. The van der Waals surface area contributed by atoms with E-state index in [1.165, 1.54) is 6.20 Å². The molecule has 26 heavy (non-hydrogen) atoms. The number of hydrogen-bond donors (Lipinski definition) is 3. The summed E-state index contributed by atoms with van der Waals surface area (Å²) in [4.78, 5) is 12.7. The van der Waals surface area contributed by atoms with E-state index in [0.29, 0.717) is 11.5 Å². The first-order chi connectivity index (χ1) is 12.5. The summed E-state index contributed by atoms with van der Waals surface area (Å²) in [5, 5.41) is 19.2. The second-order valence-electron chi connectivity index (χ2n) is 6.58. The number of piperidine rings is 1. The zero-order valence-electron chi connectivity index (χ0n) is 14.7. The Morgan fingerprint density at radius 2 is 2.15 bits per heavy atom. The number of hydrogen-bond acceptors (Lipinski definition) is 7. The first kappa shape index (κ1) is 18.2. The van der Waals surface area contributed by atoms with E-state index >= 15 is 0 Å². The van der Waals surface area contributed by atoms with E-state index < -0.39 is 12.1 Å². The highest BCUT2D eigenvalue weighted by Gasteiger charge is 2.23. The highest BCUT2D eigenvalue weighted by molar-refractivity contribution is 5.93. The number of rotatable bonds is 5. The lowest BCUT2D eigenvalue weighted by molar-refractivity contribution is 0.146. The molecule has 9 heteroatoms. The zero-order chi connectivity index (χ0) is 18.7. The summed E-state index contributed by atoms with van der Waals surface area (Å²) in [6, 6.07) is 1.99. The predicted octanol–water partition coefficient (Wildman–Crippen LogP) is 2.82. The van der Waals surface area contributed by atoms with Crippen molar-refractivity contribution < 1.29 is 8.78 Å². The van der Waals surface area contributed by atoms with Crippen molar-refractivity contribution in [2.75, 3.05) is 23.7 Å². The topological polar surface area (TPSA) is 98.5 Å². The molecule has 2 aromatic heterocycles. The van der Waals surface area contributed by atoms with Crippen LogP contribution < -0.4 is 16.0 Å². The Morgan fingerprint density at radius 1 is 1.35 bits per heavy atom. The van der Waals surface area contributed by atoms with E-state index in [4.69, 9.17) is 0 Å². The molecule has 0 spiro atoms. The summed E-state index contributed by atoms with van der Waals surface area (Å²) in [5.74, 6) is 0.630. The molecule has 0 aliphatic carbocycles. The molecule has 0 radical (unpaired) electrons. The fourth-order valence-corrected chi connectivity index (χ4v) is 2.99. The smallest absolute Gasteiger partial charge is 0.281 e. The van der Waals surface area contributed by atoms with Gasteiger partial charge in [0.2, 0.25) is 5.95 Å². The van der Waals surface area contributed by atoms with E-state index in [2.05, 4.69) is 30.9 Å². The van der Waals surface area contributed by atoms with Crippen molar-refractivity contribution in [1.82, 2.24) is 20.3 Å². The summed E-state index contributed by atoms with van der Waals surface area (Å²) in [7, 11) is 0. The van der Waals surface area contributed by atoms with Crippen LogP contribution in [0.25, 0.3) is 10.9 Å². The molecule has 2 aromatic rings. The van der Waals surface area contributed by atoms with Crippen LogP contribution in [-0.4, -0.2) is 40.1 Å². The Bertz CT molecular complexity index is 826. The number of anilines is 2. The van der Waals surface area contributed by atoms with Gasteiger partial charge in [-0.15, -0.1) is 0 Å². The Kier molecular flexibility index (Phi) is 5.42. The van der Waals surface area contributed by atoms with Crippen LogP contribution in [0.15, 0.2) is 6.20 Å². The van der Waals surface area contributed by atoms with E-state index in [0.717, 1.165) is 25.9 Å². The first-order valence-electron chi connectivity index (χ1n) is 8.62. The van der Waals surface area contributed by atoms with Gasteiger partial charge in [-0.1, -0.05) is 0 Å². The average molecular weight is 361 g/mol. The lowest BCUT2D eigenvalue weighted by Gasteiger charge is -2.24. The summed E-state index contributed by atoms with van der Waals surface area (Å²) in [6.07, 6.45) is 0.618. The van der Waals surface area contributed by atoms with Crippen molar-refractivity contribution >= 4 is 22.7 Å². The average Bonchev–Trinajstić information content (AvgIpc) is 2.62. The monoisotopic (exact) mass is 361 g/mol. The van der Waals surface area contributed by atoms with Crippen molar-refractivity contribution in [2.45, 2.75) is 45.2 Å². The summed E-state index contributed by atoms with van der Waals surface area (Å²) in [6.45, 7) is 5.55. The molecule has 0 aromatic carbocycles. The van der Waals surface area contributed by atoms with Gasteiger partial charge in [0.25, 0.3) is 6.43 Å². The standard InChI is InChI=1S/C17H21F2N7/c1-9(2)23-16-14-12(11(6-20)13(25-16)15(18)19)8-22-17(26-14)24-10-4-3-5-21-7-10/h8-10,15,21H,3-5,7H2,1-2H3,(H,23,25)(H,22,24,26)/t10-/m0/s1. The molecule has 0 unspecified atom stereocenters. The van der Waals surface area contributed by atoms with Crippen molar-refractivity contribution in [2.24, 2.45) is 0 Å². The Balaban J connectivity index is 2.07. The number of nitrogens with zero attached hydrogens (tertiary/aromatic N) is 4. The van der Waals surface area contributed by atoms with Gasteiger partial charge >= 0.3 is 0 Å². The fraction of sp³-hybridized carbons (Fsp3) is 0.529. The number of nitrogens with one attached hydrogen (secondary N) is 3. The van der Waals surface area contributed by atoms with Crippen LogP contribution in [0.5, 0.6) is 0 Å². The maximum atomic E-state index is 13.3. The molecule has 1 atom stereocenters. The summed E-state index contributed by atoms with van der Waals surface area (Å²) >= 11 is 0. The summed E-state index contributed by atoms with van der Waals surface area (Å²) < 4.78 is 26.7. The second-order valence-corrected chi connectivity index (χ2v) is 6.58. The van der Waals surface area contributed by atoms with Gasteiger partial charge < -0.3 is 16.0 Å². The van der Waals surface area contributed by atoms with Crippen LogP contribution in [0.3, 0.4) is 0 Å². The second kappa shape index (κ2) is 7.74. The number of aromatic nitrogens is 3. The quantitative estimate of drug-likeness (QED) is 0.753. The van der Waals surface area contributed by atoms with Crippen molar-refractivity contribution in [3.63, 3.8) is 0 Å². The molecule has 0 amide bonds. The third-order valence-corrected chi connectivity index (χ3v) is 4.14. The largest absolute Gasteiger partial charge is 0.366 e. The van der Waals surface area contributed by atoms with Crippen molar-refractivity contribution in [3.8, 4) is 6.07 Å². The highest BCUT2D eigenvalue weighted by Crippen LogP contribution is 2.31. The van der Waals surface area contributed by atoms with Crippen LogP contribution in [-0.2, 0) is 0 Å². The maximum absolute atomic E-state index is 13.3. The molecule has 1 aliphatic rings. The SMILES string of the molecule is CC(C)Nc1nc(C(F)F)c(C#N)c2cnc(N[C@H]3CCCNC3)nc12. The van der Waals surface area contributed by atoms with Gasteiger partial charge in [0.05, 0.1) is 5.56 Å². The molecule has 3 heterocycles. The van der Waals surface area contributed by atoms with Crippen LogP contribution in [0.4, 0.5) is 20.5 Å². The van der Waals surface area contributed by atoms with Crippen molar-refractivity contribution in [1.29, 1.82) is 5.26 Å². The molecule has 1 fully saturated rings. The van der Waals surface area contributed by atoms with Crippen LogP contribution in [0, 0.1) is 11.3 Å². The minimum Gasteiger partial charge on any atom is -0.366 e. The Labute approximate surface area is 150 Å². The number of nitriles is 1. The van der Waals surface area contributed by atoms with E-state index in [-0.39, 0.29) is 28.9 Å². The van der Waals surface area contributed by atoms with Gasteiger partial charge in [0, 0.05) is 30.2 Å². The molecule has 138 valence electrons. The summed E-state index contributed by atoms with van der Waals surface area (Å²) in [5.41, 5.74) is -0.375. The minimum absolute atomic E-state index is 0.0296. The lowest BCUT2D eigenvalue weighted by Crippen LogP contribution is -2.38. The number of halogens is 2. The Morgan fingerprint density at radius 3 is 2.77 bits per heavy atom. The van der Waals surface area contributed by atoms with Gasteiger partial charge in [-0.25, -0.2) is 23.7 Å². The van der Waals surface area contributed by atoms with Crippen molar-refractivity contribution in [3.05, 3.63) is 17.5 Å². The highest BCUT2D eigenvalue weighted by atomic mass is 19.3. The predicted molar refractivity (Wildman–Crippen MR) is 95.3 cm³/mol. The van der Waals surface area contributed by atoms with Gasteiger partial charge in [-0.2, -0.15) is 5.26 Å². The van der Waals surface area contributed by atoms with Gasteiger partial charge in [-0.3, -0.25) is 0 Å². The first-order valence-corrected chi connectivity index (χ1v) is 8.62. The third-order valence-electron chi connectivity index (χ3n) is 4.14. The molecular weight excluding hydrogens is 340 g/mol. The molecule has 0 bridgehead atoms. The normalized spacial score (nSPS) is 17.5. The van der Waals surface area contributed by atoms with E-state index in [9.17, 15) is 14.0 Å². The van der Waals surface area contributed by atoms with Gasteiger partial charge in [0.1, 0.15) is 17.3 Å². The molecule has 1 aliphatic heterocycles. The minimum atomic E-state index is -2.85. The van der Waals surface area contributed by atoms with E-state index in [1.54, 1.807) is 0 Å². The molecule has 1 saturated heterocycles. The molecule has 7 nitrogen and oxygen atoms in total. The number of fused-ring (bicyclic) bond motifs is 1. The van der Waals surface area contributed by atoms with Crippen LogP contribution >= 0.6 is 0 Å². The van der Waals surface area contributed by atoms with Gasteiger partial charge in [-0.05, 0) is 33.2 Å². The molecular formula is C17H21F2N7. The zero-order valence-corrected chi connectivity index (χ0v) is 14.7. The van der Waals surface area contributed by atoms with Crippen LogP contribution in [0.2, 0.25) is 0 Å². The van der Waals surface area contributed by atoms with Crippen LogP contribution in [0.1, 0.15) is 44.4 Å². The van der Waals surface area contributed by atoms with E-state index in [1.807, 2.05) is 19.9 Å². The lowest BCUT2D eigenvalue weighted by atomic mass is 10.1. The number of alkyl halides is 2. The molecule has 0 saturated carbocycles. The maximum Gasteiger partial charge on any atom is 0.281 e. The Hall–Kier alpha value is -2.60. The molecule has 3 rings (SSSR count). The molecule has 3 N–H and O–H groups in total. The third kappa shape index (κ3) is 3.80. The number of pyridine rings is 1. The van der Waals surface area contributed by atoms with Gasteiger partial charge in [0.15, 0.2) is 5.82 Å².